The Hall–Kier alpha value is -3.10. The van der Waals surface area contributed by atoms with Crippen molar-refractivity contribution in [2.45, 2.75) is 117 Å². The van der Waals surface area contributed by atoms with Gasteiger partial charge in [0.15, 0.2) is 0 Å². The van der Waals surface area contributed by atoms with E-state index in [0.29, 0.717) is 18.5 Å². The highest BCUT2D eigenvalue weighted by molar-refractivity contribution is 5.92. The van der Waals surface area contributed by atoms with Gasteiger partial charge in [-0.2, -0.15) is 0 Å². The molecule has 0 radical (unpaired) electrons. The van der Waals surface area contributed by atoms with Crippen molar-refractivity contribution in [1.82, 2.24) is 15.5 Å². The predicted octanol–water partition coefficient (Wildman–Crippen LogP) is 4.52. The first-order valence-electron chi connectivity index (χ1n) is 13.7. The minimum Gasteiger partial charge on any atom is -0.444 e. The summed E-state index contributed by atoms with van der Waals surface area (Å²) in [5, 5.41) is 5.70. The van der Waals surface area contributed by atoms with Crippen LogP contribution in [-0.2, 0) is 19.1 Å². The first kappa shape index (κ1) is 32.9. The number of nitrogens with zero attached hydrogens (tertiary/aromatic N) is 1. The van der Waals surface area contributed by atoms with Gasteiger partial charge in [-0.1, -0.05) is 57.4 Å². The molecule has 3 atom stereocenters. The van der Waals surface area contributed by atoms with Gasteiger partial charge in [0.1, 0.15) is 17.7 Å². The number of amides is 4. The van der Waals surface area contributed by atoms with Gasteiger partial charge in [0.2, 0.25) is 17.7 Å². The molecule has 4 N–H and O–H groups in total. The van der Waals surface area contributed by atoms with E-state index in [2.05, 4.69) is 17.6 Å². The van der Waals surface area contributed by atoms with Gasteiger partial charge >= 0.3 is 6.09 Å². The summed E-state index contributed by atoms with van der Waals surface area (Å²) in [7, 11) is 0. The van der Waals surface area contributed by atoms with Crippen LogP contribution < -0.4 is 16.4 Å². The summed E-state index contributed by atoms with van der Waals surface area (Å²) >= 11 is 0. The van der Waals surface area contributed by atoms with E-state index in [4.69, 9.17) is 10.5 Å². The van der Waals surface area contributed by atoms with Gasteiger partial charge < -0.3 is 26.0 Å². The molecule has 1 aromatic carbocycles. The van der Waals surface area contributed by atoms with Crippen LogP contribution in [0.5, 0.6) is 0 Å². The first-order chi connectivity index (χ1) is 17.8. The summed E-state index contributed by atoms with van der Waals surface area (Å²) in [6, 6.07) is 5.42. The van der Waals surface area contributed by atoms with Crippen molar-refractivity contribution in [2.24, 2.45) is 5.73 Å². The molecule has 1 aromatic rings. The molecule has 38 heavy (non-hydrogen) atoms. The minimum absolute atomic E-state index is 0.00790. The molecule has 0 saturated carbocycles. The Balaban J connectivity index is 3.52. The summed E-state index contributed by atoms with van der Waals surface area (Å²) < 4.78 is 5.38. The number of ether oxygens (including phenoxy) is 1. The van der Waals surface area contributed by atoms with E-state index in [1.54, 1.807) is 20.8 Å². The van der Waals surface area contributed by atoms with Crippen LogP contribution in [0.25, 0.3) is 0 Å². The van der Waals surface area contributed by atoms with Crippen LogP contribution in [-0.4, -0.2) is 52.9 Å². The van der Waals surface area contributed by atoms with Gasteiger partial charge in [-0.3, -0.25) is 14.4 Å². The molecule has 3 unspecified atom stereocenters. The van der Waals surface area contributed by atoms with Gasteiger partial charge in [-0.05, 0) is 65.0 Å². The topological polar surface area (TPSA) is 131 Å². The lowest BCUT2D eigenvalue weighted by Crippen LogP contribution is -2.54. The summed E-state index contributed by atoms with van der Waals surface area (Å²) in [4.78, 5) is 53.7. The molecule has 0 saturated heterocycles. The number of carbonyl (C=O) groups is 4. The number of hydrogen-bond donors (Lipinski definition) is 3. The third-order valence-electron chi connectivity index (χ3n) is 6.11. The van der Waals surface area contributed by atoms with Crippen LogP contribution in [0.2, 0.25) is 0 Å². The molecule has 0 aliphatic heterocycles. The van der Waals surface area contributed by atoms with E-state index in [9.17, 15) is 19.2 Å². The average molecular weight is 533 g/mol. The van der Waals surface area contributed by atoms with E-state index in [1.807, 2.05) is 45.0 Å². The fraction of sp³-hybridized carbons (Fsp3) is 0.655. The fourth-order valence-corrected chi connectivity index (χ4v) is 4.26. The maximum atomic E-state index is 14.1. The van der Waals surface area contributed by atoms with Crippen molar-refractivity contribution in [3.05, 3.63) is 35.4 Å². The lowest BCUT2D eigenvalue weighted by atomic mass is 9.96. The predicted molar refractivity (Wildman–Crippen MR) is 149 cm³/mol. The van der Waals surface area contributed by atoms with Crippen molar-refractivity contribution in [3.63, 3.8) is 0 Å². The maximum absolute atomic E-state index is 14.1. The van der Waals surface area contributed by atoms with Gasteiger partial charge in [0.05, 0.1) is 0 Å². The zero-order valence-corrected chi connectivity index (χ0v) is 24.3. The Labute approximate surface area is 228 Å². The van der Waals surface area contributed by atoms with E-state index in [-0.39, 0.29) is 24.8 Å². The van der Waals surface area contributed by atoms with Gasteiger partial charge in [-0.15, -0.1) is 0 Å². The van der Waals surface area contributed by atoms with Crippen molar-refractivity contribution in [3.8, 4) is 0 Å². The molecule has 0 aliphatic carbocycles. The third-order valence-corrected chi connectivity index (χ3v) is 6.11. The van der Waals surface area contributed by atoms with E-state index in [1.165, 1.54) is 4.90 Å². The van der Waals surface area contributed by atoms with Crippen molar-refractivity contribution < 1.29 is 23.9 Å². The van der Waals surface area contributed by atoms with Crippen molar-refractivity contribution >= 4 is 23.8 Å². The number of primary amides is 1. The standard InChI is InChI=1S/C29H48N4O5/c1-8-10-13-19-33(27(36)23(17-18-24(30)34)32-28(37)38-29(5,6)7)25(22-16-12-11-15-20(22)3)26(35)31-21(4)14-9-2/h11-12,15-16,21,23,25H,8-10,13-14,17-19H2,1-7H3,(H2,30,34)(H,31,35)(H,32,37). The number of hydrogen-bond acceptors (Lipinski definition) is 5. The van der Waals surface area contributed by atoms with Gasteiger partial charge in [-0.25, -0.2) is 4.79 Å². The zero-order valence-electron chi connectivity index (χ0n) is 24.3. The molecule has 9 nitrogen and oxygen atoms in total. The normalized spacial score (nSPS) is 13.7. The Kier molecular flexibility index (Phi) is 13.9. The first-order valence-corrected chi connectivity index (χ1v) is 13.7. The highest BCUT2D eigenvalue weighted by atomic mass is 16.6. The Morgan fingerprint density at radius 1 is 1.00 bits per heavy atom. The molecule has 0 aromatic heterocycles. The molecule has 214 valence electrons. The monoisotopic (exact) mass is 532 g/mol. The second-order valence-corrected chi connectivity index (χ2v) is 10.9. The molecule has 9 heteroatoms. The molecule has 0 spiro atoms. The molecular formula is C29H48N4O5. The Morgan fingerprint density at radius 3 is 2.21 bits per heavy atom. The van der Waals surface area contributed by atoms with Crippen LogP contribution in [0.3, 0.4) is 0 Å². The number of carbonyl (C=O) groups excluding carboxylic acids is 4. The maximum Gasteiger partial charge on any atom is 0.408 e. The van der Waals surface area contributed by atoms with Crippen LogP contribution in [0.15, 0.2) is 24.3 Å². The Morgan fingerprint density at radius 2 is 1.66 bits per heavy atom. The summed E-state index contributed by atoms with van der Waals surface area (Å²) in [5.41, 5.74) is 6.19. The molecular weight excluding hydrogens is 484 g/mol. The summed E-state index contributed by atoms with van der Waals surface area (Å²) in [6.07, 6.45) is 3.29. The second-order valence-electron chi connectivity index (χ2n) is 10.9. The average Bonchev–Trinajstić information content (AvgIpc) is 2.80. The molecule has 0 heterocycles. The van der Waals surface area contributed by atoms with E-state index >= 15 is 0 Å². The molecule has 4 amide bonds. The number of alkyl carbamates (subject to hydrolysis) is 1. The van der Waals surface area contributed by atoms with Crippen LogP contribution in [0, 0.1) is 6.92 Å². The number of benzene rings is 1. The van der Waals surface area contributed by atoms with E-state index in [0.717, 1.165) is 31.2 Å². The molecule has 0 aliphatic rings. The lowest BCUT2D eigenvalue weighted by molar-refractivity contribution is -0.143. The zero-order chi connectivity index (χ0) is 28.9. The molecule has 0 bridgehead atoms. The highest BCUT2D eigenvalue weighted by Gasteiger charge is 2.37. The second kappa shape index (κ2) is 16.0. The Bertz CT molecular complexity index is 928. The van der Waals surface area contributed by atoms with Gasteiger partial charge in [0.25, 0.3) is 0 Å². The van der Waals surface area contributed by atoms with Crippen LogP contribution in [0.1, 0.15) is 104 Å². The smallest absolute Gasteiger partial charge is 0.408 e. The number of nitrogens with one attached hydrogen (secondary N) is 2. The number of rotatable bonds is 15. The minimum atomic E-state index is -1.09. The molecule has 0 fully saturated rings. The third kappa shape index (κ3) is 11.5. The highest BCUT2D eigenvalue weighted by Crippen LogP contribution is 2.27. The summed E-state index contributed by atoms with van der Waals surface area (Å²) in [5.74, 6) is -1.33. The lowest BCUT2D eigenvalue weighted by Gasteiger charge is -2.35. The van der Waals surface area contributed by atoms with E-state index < -0.39 is 35.6 Å². The van der Waals surface area contributed by atoms with Crippen molar-refractivity contribution in [2.75, 3.05) is 6.54 Å². The number of unbranched alkanes of at least 4 members (excludes halogenated alkanes) is 2. The summed E-state index contributed by atoms with van der Waals surface area (Å²) in [6.45, 7) is 13.4. The number of nitrogens with two attached hydrogens (primary N) is 1. The van der Waals surface area contributed by atoms with Gasteiger partial charge in [0, 0.05) is 19.0 Å². The SMILES string of the molecule is CCCCCN(C(=O)C(CCC(N)=O)NC(=O)OC(C)(C)C)C(C(=O)NC(C)CCC)c1ccccc1C. The largest absolute Gasteiger partial charge is 0.444 e. The van der Waals surface area contributed by atoms with Crippen LogP contribution in [0.4, 0.5) is 4.79 Å². The quantitative estimate of drug-likeness (QED) is 0.286. The van der Waals surface area contributed by atoms with Crippen molar-refractivity contribution in [1.29, 1.82) is 0 Å². The molecule has 1 rings (SSSR count). The van der Waals surface area contributed by atoms with Crippen LogP contribution >= 0.6 is 0 Å². The number of aryl methyl sites for hydroxylation is 1. The fourth-order valence-electron chi connectivity index (χ4n) is 4.26.